The quantitative estimate of drug-likeness (QED) is 0.701. The van der Waals surface area contributed by atoms with Crippen molar-refractivity contribution in [1.29, 1.82) is 5.26 Å². The number of aromatic nitrogens is 2. The Balaban J connectivity index is 1.39. The molecular weight excluding hydrogens is 355 g/mol. The maximum absolute atomic E-state index is 13.3. The van der Waals surface area contributed by atoms with Gasteiger partial charge in [-0.05, 0) is 61.7 Å². The van der Waals surface area contributed by atoms with Crippen molar-refractivity contribution in [2.75, 3.05) is 13.1 Å². The van der Waals surface area contributed by atoms with E-state index in [0.29, 0.717) is 28.9 Å². The average Bonchev–Trinajstić information content (AvgIpc) is 2.71. The van der Waals surface area contributed by atoms with Gasteiger partial charge in [0.1, 0.15) is 5.82 Å². The Hall–Kier alpha value is -3.04. The van der Waals surface area contributed by atoms with Gasteiger partial charge in [-0.25, -0.2) is 9.37 Å². The Kier molecular flexibility index (Phi) is 5.18. The Morgan fingerprint density at radius 1 is 1.18 bits per heavy atom. The summed E-state index contributed by atoms with van der Waals surface area (Å²) in [6, 6.07) is 14.0. The highest BCUT2D eigenvalue weighted by Crippen LogP contribution is 2.21. The summed E-state index contributed by atoms with van der Waals surface area (Å²) in [4.78, 5) is 19.3. The molecule has 2 heterocycles. The van der Waals surface area contributed by atoms with Crippen LogP contribution >= 0.6 is 0 Å². The first-order valence-corrected chi connectivity index (χ1v) is 9.48. The molecule has 4 rings (SSSR count). The molecule has 5 nitrogen and oxygen atoms in total. The number of fused-ring (bicyclic) bond motifs is 1. The van der Waals surface area contributed by atoms with Gasteiger partial charge in [0.2, 0.25) is 0 Å². The van der Waals surface area contributed by atoms with Gasteiger partial charge in [0.05, 0.1) is 28.9 Å². The van der Waals surface area contributed by atoms with E-state index in [-0.39, 0.29) is 11.4 Å². The maximum Gasteiger partial charge on any atom is 0.261 e. The number of hydrogen-bond donors (Lipinski definition) is 0. The van der Waals surface area contributed by atoms with Crippen LogP contribution in [0.4, 0.5) is 4.39 Å². The Morgan fingerprint density at radius 3 is 2.79 bits per heavy atom. The average molecular weight is 376 g/mol. The molecule has 142 valence electrons. The van der Waals surface area contributed by atoms with Crippen LogP contribution in [0.3, 0.4) is 0 Å². The van der Waals surface area contributed by atoms with Crippen molar-refractivity contribution in [2.45, 2.75) is 25.9 Å². The minimum atomic E-state index is -0.384. The summed E-state index contributed by atoms with van der Waals surface area (Å²) in [7, 11) is 0. The van der Waals surface area contributed by atoms with Gasteiger partial charge in [0, 0.05) is 19.2 Å². The molecule has 1 aromatic heterocycles. The first-order chi connectivity index (χ1) is 13.6. The van der Waals surface area contributed by atoms with E-state index in [2.05, 4.69) is 22.0 Å². The van der Waals surface area contributed by atoms with E-state index in [9.17, 15) is 9.18 Å². The minimum Gasteiger partial charge on any atom is -0.299 e. The van der Waals surface area contributed by atoms with Crippen molar-refractivity contribution in [3.05, 3.63) is 76.1 Å². The van der Waals surface area contributed by atoms with E-state index < -0.39 is 0 Å². The van der Waals surface area contributed by atoms with Crippen LogP contribution < -0.4 is 5.56 Å². The second kappa shape index (κ2) is 7.91. The number of likely N-dealkylation sites (tertiary alicyclic amines) is 1. The Bertz CT molecular complexity index is 1090. The monoisotopic (exact) mass is 376 g/mol. The molecule has 3 aromatic rings. The van der Waals surface area contributed by atoms with Crippen LogP contribution in [0.5, 0.6) is 0 Å². The van der Waals surface area contributed by atoms with E-state index in [0.717, 1.165) is 38.0 Å². The third-order valence-corrected chi connectivity index (χ3v) is 5.41. The number of hydrogen-bond acceptors (Lipinski definition) is 4. The first-order valence-electron chi connectivity index (χ1n) is 9.48. The van der Waals surface area contributed by atoms with Crippen LogP contribution in [-0.4, -0.2) is 27.5 Å². The van der Waals surface area contributed by atoms with Gasteiger partial charge in [-0.2, -0.15) is 5.26 Å². The van der Waals surface area contributed by atoms with Crippen molar-refractivity contribution in [1.82, 2.24) is 14.5 Å². The first kappa shape index (κ1) is 18.3. The number of nitrogens with zero attached hydrogens (tertiary/aromatic N) is 4. The highest BCUT2D eigenvalue weighted by molar-refractivity contribution is 5.77. The second-order valence-corrected chi connectivity index (χ2v) is 7.40. The fraction of sp³-hybridized carbons (Fsp3) is 0.318. The lowest BCUT2D eigenvalue weighted by Crippen LogP contribution is -2.36. The van der Waals surface area contributed by atoms with Crippen LogP contribution in [-0.2, 0) is 13.1 Å². The predicted molar refractivity (Wildman–Crippen MR) is 105 cm³/mol. The number of benzene rings is 2. The van der Waals surface area contributed by atoms with Gasteiger partial charge in [0.15, 0.2) is 0 Å². The SMILES string of the molecule is N#Cc1cccc(CN2CCC(Cn3cnc4cc(F)ccc4c3=O)CC2)c1. The number of nitriles is 1. The van der Waals surface area contributed by atoms with Gasteiger partial charge in [-0.1, -0.05) is 12.1 Å². The van der Waals surface area contributed by atoms with E-state index in [1.54, 1.807) is 4.57 Å². The molecular formula is C22H21FN4O. The van der Waals surface area contributed by atoms with Crippen molar-refractivity contribution < 1.29 is 4.39 Å². The summed E-state index contributed by atoms with van der Waals surface area (Å²) in [6.07, 6.45) is 3.54. The fourth-order valence-electron chi connectivity index (χ4n) is 3.86. The molecule has 1 fully saturated rings. The summed E-state index contributed by atoms with van der Waals surface area (Å²) >= 11 is 0. The van der Waals surface area contributed by atoms with Crippen LogP contribution in [0.15, 0.2) is 53.6 Å². The lowest BCUT2D eigenvalue weighted by Gasteiger charge is -2.32. The van der Waals surface area contributed by atoms with E-state index >= 15 is 0 Å². The molecule has 0 radical (unpaired) electrons. The lowest BCUT2D eigenvalue weighted by molar-refractivity contribution is 0.166. The zero-order valence-electron chi connectivity index (χ0n) is 15.5. The molecule has 1 aliphatic heterocycles. The second-order valence-electron chi connectivity index (χ2n) is 7.40. The molecule has 28 heavy (non-hydrogen) atoms. The standard InChI is InChI=1S/C22H21FN4O/c23-19-4-5-20-21(11-19)25-15-27(22(20)28)14-16-6-8-26(9-7-16)13-18-3-1-2-17(10-18)12-24/h1-5,10-11,15-16H,6-9,13-14H2. The van der Waals surface area contributed by atoms with Gasteiger partial charge in [0.25, 0.3) is 5.56 Å². The topological polar surface area (TPSA) is 61.9 Å². The Labute approximate surface area is 162 Å². The third kappa shape index (κ3) is 3.95. The van der Waals surface area contributed by atoms with Gasteiger partial charge in [-0.3, -0.25) is 14.3 Å². The van der Waals surface area contributed by atoms with Crippen molar-refractivity contribution in [2.24, 2.45) is 5.92 Å². The summed E-state index contributed by atoms with van der Waals surface area (Å²) in [5.74, 6) is 0.0314. The summed E-state index contributed by atoms with van der Waals surface area (Å²) in [6.45, 7) is 3.40. The zero-order valence-corrected chi connectivity index (χ0v) is 15.5. The predicted octanol–water partition coefficient (Wildman–Crippen LogP) is 3.32. The highest BCUT2D eigenvalue weighted by atomic mass is 19.1. The van der Waals surface area contributed by atoms with Crippen LogP contribution in [0, 0.1) is 23.1 Å². The normalized spacial score (nSPS) is 15.6. The van der Waals surface area contributed by atoms with E-state index in [1.807, 2.05) is 18.2 Å². The molecule has 0 saturated carbocycles. The van der Waals surface area contributed by atoms with Gasteiger partial charge >= 0.3 is 0 Å². The molecule has 0 amide bonds. The lowest BCUT2D eigenvalue weighted by atomic mass is 9.96. The van der Waals surface area contributed by atoms with Gasteiger partial charge in [-0.15, -0.1) is 0 Å². The minimum absolute atomic E-state index is 0.110. The Morgan fingerprint density at radius 2 is 2.00 bits per heavy atom. The molecule has 0 N–H and O–H groups in total. The molecule has 6 heteroatoms. The molecule has 0 unspecified atom stereocenters. The molecule has 0 spiro atoms. The third-order valence-electron chi connectivity index (χ3n) is 5.41. The maximum atomic E-state index is 13.3. The van der Waals surface area contributed by atoms with Crippen molar-refractivity contribution >= 4 is 10.9 Å². The number of halogens is 1. The van der Waals surface area contributed by atoms with Gasteiger partial charge < -0.3 is 0 Å². The number of rotatable bonds is 4. The fourth-order valence-corrected chi connectivity index (χ4v) is 3.86. The largest absolute Gasteiger partial charge is 0.299 e. The number of piperidine rings is 1. The van der Waals surface area contributed by atoms with Crippen LogP contribution in [0.2, 0.25) is 0 Å². The van der Waals surface area contributed by atoms with Crippen molar-refractivity contribution in [3.63, 3.8) is 0 Å². The summed E-state index contributed by atoms with van der Waals surface area (Å²) in [5.41, 5.74) is 2.13. The molecule has 1 saturated heterocycles. The molecule has 1 aliphatic rings. The zero-order chi connectivity index (χ0) is 19.5. The molecule has 0 bridgehead atoms. The van der Waals surface area contributed by atoms with Crippen LogP contribution in [0.25, 0.3) is 10.9 Å². The van der Waals surface area contributed by atoms with E-state index in [4.69, 9.17) is 5.26 Å². The highest BCUT2D eigenvalue weighted by Gasteiger charge is 2.20. The van der Waals surface area contributed by atoms with Crippen molar-refractivity contribution in [3.8, 4) is 6.07 Å². The summed E-state index contributed by atoms with van der Waals surface area (Å²) in [5, 5.41) is 9.49. The smallest absolute Gasteiger partial charge is 0.261 e. The molecule has 2 aromatic carbocycles. The molecule has 0 atom stereocenters. The van der Waals surface area contributed by atoms with Crippen LogP contribution in [0.1, 0.15) is 24.0 Å². The van der Waals surface area contributed by atoms with E-state index in [1.165, 1.54) is 24.5 Å². The molecule has 0 aliphatic carbocycles. The summed E-state index contributed by atoms with van der Waals surface area (Å²) < 4.78 is 15.0.